The molecule has 2 rings (SSSR count). The van der Waals surface area contributed by atoms with Crippen LogP contribution in [0.4, 0.5) is 0 Å². The Morgan fingerprint density at radius 2 is 2.28 bits per heavy atom. The smallest absolute Gasteiger partial charge is 0.174 e. The van der Waals surface area contributed by atoms with E-state index >= 15 is 0 Å². The van der Waals surface area contributed by atoms with Crippen molar-refractivity contribution in [2.45, 2.75) is 35.5 Å². The van der Waals surface area contributed by atoms with Gasteiger partial charge in [-0.05, 0) is 36.2 Å². The van der Waals surface area contributed by atoms with Crippen molar-refractivity contribution in [2.24, 2.45) is 5.73 Å². The first kappa shape index (κ1) is 13.8. The molecule has 2 aromatic rings. The molecule has 0 saturated heterocycles. The van der Waals surface area contributed by atoms with Gasteiger partial charge >= 0.3 is 0 Å². The van der Waals surface area contributed by atoms with E-state index in [0.717, 1.165) is 27.0 Å². The van der Waals surface area contributed by atoms with E-state index in [-0.39, 0.29) is 6.04 Å². The maximum absolute atomic E-state index is 6.24. The molecule has 0 fully saturated rings. The highest BCUT2D eigenvalue weighted by Crippen LogP contribution is 2.35. The first-order valence-corrected chi connectivity index (χ1v) is 7.62. The summed E-state index contributed by atoms with van der Waals surface area (Å²) in [5.74, 6) is 0.880. The van der Waals surface area contributed by atoms with E-state index in [4.69, 9.17) is 17.3 Å². The first-order valence-electron chi connectivity index (χ1n) is 5.65. The summed E-state index contributed by atoms with van der Waals surface area (Å²) in [6.07, 6.45) is 0.856. The number of benzene rings is 1. The molecule has 3 nitrogen and oxygen atoms in total. The average Bonchev–Trinajstić information content (AvgIpc) is 2.79. The Kier molecular flexibility index (Phi) is 4.61. The van der Waals surface area contributed by atoms with Crippen molar-refractivity contribution in [1.82, 2.24) is 9.36 Å². The van der Waals surface area contributed by atoms with Crippen molar-refractivity contribution in [1.29, 1.82) is 0 Å². The maximum atomic E-state index is 6.24. The molecule has 0 saturated carbocycles. The fourth-order valence-electron chi connectivity index (χ4n) is 1.40. The molecule has 1 aromatic heterocycles. The van der Waals surface area contributed by atoms with Gasteiger partial charge in [-0.25, -0.2) is 4.98 Å². The van der Waals surface area contributed by atoms with Crippen LogP contribution in [0.1, 0.15) is 31.3 Å². The Morgan fingerprint density at radius 1 is 1.50 bits per heavy atom. The van der Waals surface area contributed by atoms with Crippen LogP contribution in [0.5, 0.6) is 0 Å². The van der Waals surface area contributed by atoms with Gasteiger partial charge in [0.15, 0.2) is 4.34 Å². The van der Waals surface area contributed by atoms with Crippen LogP contribution in [-0.4, -0.2) is 9.36 Å². The molecule has 0 amide bonds. The monoisotopic (exact) mass is 299 g/mol. The van der Waals surface area contributed by atoms with Crippen molar-refractivity contribution >= 4 is 34.9 Å². The second kappa shape index (κ2) is 6.02. The van der Waals surface area contributed by atoms with Gasteiger partial charge in [0.25, 0.3) is 0 Å². The lowest BCUT2D eigenvalue weighted by Crippen LogP contribution is -2.04. The normalized spacial score (nSPS) is 12.7. The van der Waals surface area contributed by atoms with Crippen molar-refractivity contribution in [3.63, 3.8) is 0 Å². The van der Waals surface area contributed by atoms with Gasteiger partial charge < -0.3 is 5.73 Å². The predicted octanol–water partition coefficient (Wildman–Crippen LogP) is 3.92. The molecule has 2 N–H and O–H groups in total. The molecule has 0 aliphatic carbocycles. The molecule has 1 unspecified atom stereocenters. The highest BCUT2D eigenvalue weighted by Gasteiger charge is 2.09. The third kappa shape index (κ3) is 3.23. The first-order chi connectivity index (χ1) is 8.60. The zero-order valence-electron chi connectivity index (χ0n) is 10.2. The number of aromatic nitrogens is 2. The maximum Gasteiger partial charge on any atom is 0.174 e. The minimum atomic E-state index is -0.00484. The largest absolute Gasteiger partial charge is 0.324 e. The van der Waals surface area contributed by atoms with Gasteiger partial charge in [-0.3, -0.25) is 0 Å². The molecular formula is C12H14ClN3S2. The Labute approximate surface area is 120 Å². The van der Waals surface area contributed by atoms with Crippen LogP contribution >= 0.6 is 34.9 Å². The minimum Gasteiger partial charge on any atom is -0.324 e. The summed E-state index contributed by atoms with van der Waals surface area (Å²) in [4.78, 5) is 5.40. The summed E-state index contributed by atoms with van der Waals surface area (Å²) in [5.41, 5.74) is 6.86. The molecule has 0 spiro atoms. The molecule has 1 atom stereocenters. The topological polar surface area (TPSA) is 51.8 Å². The molecule has 96 valence electrons. The van der Waals surface area contributed by atoms with Crippen molar-refractivity contribution in [3.8, 4) is 0 Å². The van der Waals surface area contributed by atoms with Crippen LogP contribution in [0.15, 0.2) is 27.4 Å². The quantitative estimate of drug-likeness (QED) is 0.929. The highest BCUT2D eigenvalue weighted by atomic mass is 35.5. The summed E-state index contributed by atoms with van der Waals surface area (Å²) in [5, 5.41) is 0.711. The fraction of sp³-hybridized carbons (Fsp3) is 0.333. The number of rotatable bonds is 4. The zero-order chi connectivity index (χ0) is 13.1. The van der Waals surface area contributed by atoms with E-state index in [1.54, 1.807) is 11.8 Å². The Bertz CT molecular complexity index is 540. The van der Waals surface area contributed by atoms with Crippen LogP contribution in [0.3, 0.4) is 0 Å². The molecule has 6 heteroatoms. The Hall–Kier alpha value is -0.620. The van der Waals surface area contributed by atoms with Crippen molar-refractivity contribution < 1.29 is 0 Å². The molecule has 1 heterocycles. The van der Waals surface area contributed by atoms with E-state index in [1.807, 2.05) is 32.0 Å². The lowest BCUT2D eigenvalue weighted by atomic mass is 10.1. The SMILES string of the molecule is CCc1nsc(Sc2ccc(C(C)N)cc2Cl)n1. The minimum absolute atomic E-state index is 0.00484. The fourth-order valence-corrected chi connectivity index (χ4v) is 3.37. The number of hydrogen-bond donors (Lipinski definition) is 1. The van der Waals surface area contributed by atoms with Gasteiger partial charge in [-0.15, -0.1) is 0 Å². The van der Waals surface area contributed by atoms with Gasteiger partial charge in [-0.1, -0.05) is 36.4 Å². The summed E-state index contributed by atoms with van der Waals surface area (Å²) in [6, 6.07) is 5.89. The van der Waals surface area contributed by atoms with E-state index < -0.39 is 0 Å². The van der Waals surface area contributed by atoms with Crippen LogP contribution in [0.2, 0.25) is 5.02 Å². The molecule has 18 heavy (non-hydrogen) atoms. The van der Waals surface area contributed by atoms with Gasteiger partial charge in [-0.2, -0.15) is 4.37 Å². The van der Waals surface area contributed by atoms with E-state index in [0.29, 0.717) is 5.02 Å². The molecule has 0 aliphatic rings. The summed E-state index contributed by atoms with van der Waals surface area (Å²) < 4.78 is 5.17. The predicted molar refractivity (Wildman–Crippen MR) is 77.5 cm³/mol. The standard InChI is InChI=1S/C12H14ClN3S2/c1-3-11-15-12(18-16-11)17-10-5-4-8(7(2)14)6-9(10)13/h4-7H,3,14H2,1-2H3. The lowest BCUT2D eigenvalue weighted by Gasteiger charge is -2.08. The number of halogens is 1. The van der Waals surface area contributed by atoms with Crippen LogP contribution in [0.25, 0.3) is 0 Å². The number of nitrogens with two attached hydrogens (primary N) is 1. The van der Waals surface area contributed by atoms with E-state index in [1.165, 1.54) is 11.5 Å². The molecule has 0 radical (unpaired) electrons. The van der Waals surface area contributed by atoms with E-state index in [9.17, 15) is 0 Å². The second-order valence-electron chi connectivity index (χ2n) is 3.91. The van der Waals surface area contributed by atoms with Gasteiger partial charge in [0.05, 0.1) is 5.02 Å². The summed E-state index contributed by atoms with van der Waals surface area (Å²) >= 11 is 9.19. The third-order valence-electron chi connectivity index (χ3n) is 2.44. The number of aryl methyl sites for hydroxylation is 1. The molecule has 0 bridgehead atoms. The average molecular weight is 300 g/mol. The third-order valence-corrected chi connectivity index (χ3v) is 4.73. The van der Waals surface area contributed by atoms with Gasteiger partial charge in [0, 0.05) is 17.4 Å². The molecule has 0 aliphatic heterocycles. The number of nitrogens with zero attached hydrogens (tertiary/aromatic N) is 2. The molecular weight excluding hydrogens is 286 g/mol. The summed E-state index contributed by atoms with van der Waals surface area (Å²) in [6.45, 7) is 3.98. The number of hydrogen-bond acceptors (Lipinski definition) is 5. The Morgan fingerprint density at radius 3 is 2.83 bits per heavy atom. The van der Waals surface area contributed by atoms with Crippen LogP contribution in [-0.2, 0) is 6.42 Å². The summed E-state index contributed by atoms with van der Waals surface area (Å²) in [7, 11) is 0. The molecule has 1 aromatic carbocycles. The van der Waals surface area contributed by atoms with Crippen molar-refractivity contribution in [3.05, 3.63) is 34.6 Å². The lowest BCUT2D eigenvalue weighted by molar-refractivity contribution is 0.817. The van der Waals surface area contributed by atoms with Crippen LogP contribution in [0, 0.1) is 0 Å². The van der Waals surface area contributed by atoms with E-state index in [2.05, 4.69) is 9.36 Å². The van der Waals surface area contributed by atoms with Crippen LogP contribution < -0.4 is 5.73 Å². The van der Waals surface area contributed by atoms with Gasteiger partial charge in [0.1, 0.15) is 5.82 Å². The van der Waals surface area contributed by atoms with Gasteiger partial charge in [0.2, 0.25) is 0 Å². The highest BCUT2D eigenvalue weighted by molar-refractivity contribution is 8.01. The zero-order valence-corrected chi connectivity index (χ0v) is 12.6. The Balaban J connectivity index is 2.19. The second-order valence-corrected chi connectivity index (χ2v) is 6.36. The van der Waals surface area contributed by atoms with Crippen molar-refractivity contribution in [2.75, 3.05) is 0 Å².